The van der Waals surface area contributed by atoms with Crippen molar-refractivity contribution in [3.63, 3.8) is 0 Å². The molecule has 21 heavy (non-hydrogen) atoms. The van der Waals surface area contributed by atoms with Crippen molar-refractivity contribution in [2.45, 2.75) is 19.8 Å². The van der Waals surface area contributed by atoms with Gasteiger partial charge in [0.05, 0.1) is 11.1 Å². The maximum atomic E-state index is 13.5. The van der Waals surface area contributed by atoms with Crippen molar-refractivity contribution in [1.82, 2.24) is 5.06 Å². The van der Waals surface area contributed by atoms with Crippen LogP contribution in [0.15, 0.2) is 24.3 Å². The molecule has 0 radical (unpaired) electrons. The maximum Gasteiger partial charge on any atom is 0.343 e. The van der Waals surface area contributed by atoms with Crippen LogP contribution in [0, 0.1) is 11.3 Å². The highest BCUT2D eigenvalue weighted by Crippen LogP contribution is 2.65. The van der Waals surface area contributed by atoms with Crippen LogP contribution in [0.1, 0.15) is 34.6 Å². The Labute approximate surface area is 118 Å². The van der Waals surface area contributed by atoms with Gasteiger partial charge in [-0.25, -0.2) is 13.6 Å². The van der Waals surface area contributed by atoms with E-state index in [2.05, 4.69) is 4.84 Å². The summed E-state index contributed by atoms with van der Waals surface area (Å²) in [6.45, 7) is 2.45. The molecule has 0 saturated heterocycles. The van der Waals surface area contributed by atoms with E-state index in [0.29, 0.717) is 0 Å². The fourth-order valence-corrected chi connectivity index (χ4v) is 2.49. The lowest BCUT2D eigenvalue weighted by atomic mass is 10.1. The molecule has 1 aromatic carbocycles. The molecule has 2 amide bonds. The number of carbonyl (C=O) groups excluding carboxylic acids is 3. The van der Waals surface area contributed by atoms with Gasteiger partial charge in [-0.05, 0) is 12.1 Å². The summed E-state index contributed by atoms with van der Waals surface area (Å²) in [4.78, 5) is 40.3. The SMILES string of the molecule is CC1(C)C(C(=O)ON2C(=O)c3ccccc3C2=O)C1(F)F. The molecule has 0 N–H and O–H groups in total. The number of alkyl halides is 2. The van der Waals surface area contributed by atoms with E-state index in [1.807, 2.05) is 0 Å². The van der Waals surface area contributed by atoms with Crippen molar-refractivity contribution in [3.05, 3.63) is 35.4 Å². The molecule has 0 bridgehead atoms. The van der Waals surface area contributed by atoms with E-state index in [1.165, 1.54) is 26.0 Å². The molecule has 1 fully saturated rings. The summed E-state index contributed by atoms with van der Waals surface area (Å²) in [5, 5.41) is 0.247. The number of benzene rings is 1. The van der Waals surface area contributed by atoms with E-state index in [1.54, 1.807) is 12.1 Å². The average molecular weight is 295 g/mol. The predicted molar refractivity (Wildman–Crippen MR) is 65.3 cm³/mol. The number of halogens is 2. The summed E-state index contributed by atoms with van der Waals surface area (Å²) in [5.74, 6) is -7.80. The molecule has 0 aromatic heterocycles. The van der Waals surface area contributed by atoms with E-state index in [-0.39, 0.29) is 16.2 Å². The first-order valence-electron chi connectivity index (χ1n) is 6.27. The van der Waals surface area contributed by atoms with Crippen molar-refractivity contribution < 1.29 is 28.0 Å². The van der Waals surface area contributed by atoms with Gasteiger partial charge >= 0.3 is 5.97 Å². The molecule has 7 heteroatoms. The number of hydroxylamine groups is 2. The van der Waals surface area contributed by atoms with E-state index >= 15 is 0 Å². The topological polar surface area (TPSA) is 63.7 Å². The highest BCUT2D eigenvalue weighted by atomic mass is 19.3. The van der Waals surface area contributed by atoms with E-state index in [0.717, 1.165) is 0 Å². The second kappa shape index (κ2) is 3.87. The van der Waals surface area contributed by atoms with Gasteiger partial charge in [-0.2, -0.15) is 0 Å². The lowest BCUT2D eigenvalue weighted by molar-refractivity contribution is -0.172. The lowest BCUT2D eigenvalue weighted by Gasteiger charge is -2.12. The Hall–Kier alpha value is -2.31. The van der Waals surface area contributed by atoms with Gasteiger partial charge in [0, 0.05) is 5.41 Å². The summed E-state index contributed by atoms with van der Waals surface area (Å²) in [6.07, 6.45) is 0. The van der Waals surface area contributed by atoms with Crippen LogP contribution in [0.4, 0.5) is 8.78 Å². The molecule has 1 aliphatic carbocycles. The van der Waals surface area contributed by atoms with Crippen LogP contribution < -0.4 is 0 Å². The van der Waals surface area contributed by atoms with Crippen molar-refractivity contribution in [2.75, 3.05) is 0 Å². The Morgan fingerprint density at radius 3 is 1.95 bits per heavy atom. The van der Waals surface area contributed by atoms with Gasteiger partial charge in [-0.3, -0.25) is 9.59 Å². The Morgan fingerprint density at radius 1 is 1.14 bits per heavy atom. The van der Waals surface area contributed by atoms with Gasteiger partial charge < -0.3 is 4.84 Å². The Balaban J connectivity index is 1.81. The molecular formula is C14H11F2NO4. The minimum Gasteiger partial charge on any atom is -0.329 e. The monoisotopic (exact) mass is 295 g/mol. The van der Waals surface area contributed by atoms with Crippen molar-refractivity contribution in [2.24, 2.45) is 11.3 Å². The third-order valence-electron chi connectivity index (χ3n) is 4.03. The number of hydrogen-bond donors (Lipinski definition) is 0. The van der Waals surface area contributed by atoms with Crippen LogP contribution in [0.2, 0.25) is 0 Å². The largest absolute Gasteiger partial charge is 0.343 e. The standard InChI is InChI=1S/C14H11F2NO4/c1-13(2)9(14(13,15)16)12(20)21-17-10(18)7-5-3-4-6-8(7)11(17)19/h3-6,9H,1-2H3. The summed E-state index contributed by atoms with van der Waals surface area (Å²) in [5.41, 5.74) is -1.38. The van der Waals surface area contributed by atoms with Gasteiger partial charge in [-0.15, -0.1) is 0 Å². The van der Waals surface area contributed by atoms with Crippen LogP contribution in [0.5, 0.6) is 0 Å². The molecule has 3 rings (SSSR count). The minimum atomic E-state index is -3.21. The molecule has 1 aromatic rings. The molecule has 1 unspecified atom stereocenters. The highest BCUT2D eigenvalue weighted by Gasteiger charge is 2.79. The molecule has 110 valence electrons. The van der Waals surface area contributed by atoms with E-state index in [9.17, 15) is 23.2 Å². The first-order chi connectivity index (χ1) is 9.69. The van der Waals surface area contributed by atoms with Gasteiger partial charge in [0.25, 0.3) is 17.7 Å². The van der Waals surface area contributed by atoms with Crippen LogP contribution in [0.3, 0.4) is 0 Å². The summed E-state index contributed by atoms with van der Waals surface area (Å²) < 4.78 is 26.9. The zero-order valence-corrected chi connectivity index (χ0v) is 11.2. The molecule has 1 aliphatic heterocycles. The molecule has 1 atom stereocenters. The second-order valence-electron chi connectivity index (χ2n) is 5.64. The highest BCUT2D eigenvalue weighted by molar-refractivity contribution is 6.20. The van der Waals surface area contributed by atoms with Gasteiger partial charge in [0.1, 0.15) is 5.92 Å². The summed E-state index contributed by atoms with van der Waals surface area (Å²) >= 11 is 0. The smallest absolute Gasteiger partial charge is 0.329 e. The van der Waals surface area contributed by atoms with Crippen LogP contribution in [0.25, 0.3) is 0 Å². The van der Waals surface area contributed by atoms with Crippen molar-refractivity contribution >= 4 is 17.8 Å². The molecule has 1 heterocycles. The normalized spacial score (nSPS) is 24.8. The fraction of sp³-hybridized carbons (Fsp3) is 0.357. The lowest BCUT2D eigenvalue weighted by Crippen LogP contribution is -2.34. The number of amides is 2. The number of imide groups is 1. The Bertz CT molecular complexity index is 634. The molecule has 1 saturated carbocycles. The Morgan fingerprint density at radius 2 is 1.57 bits per heavy atom. The van der Waals surface area contributed by atoms with Gasteiger partial charge in [-0.1, -0.05) is 31.0 Å². The average Bonchev–Trinajstić information content (AvgIpc) is 2.71. The molecule has 0 spiro atoms. The number of nitrogens with zero attached hydrogens (tertiary/aromatic N) is 1. The number of carbonyl (C=O) groups is 3. The minimum absolute atomic E-state index is 0.0807. The van der Waals surface area contributed by atoms with Crippen LogP contribution in [-0.2, 0) is 9.63 Å². The van der Waals surface area contributed by atoms with Crippen LogP contribution >= 0.6 is 0 Å². The van der Waals surface area contributed by atoms with Crippen LogP contribution in [-0.4, -0.2) is 28.8 Å². The third-order valence-corrected chi connectivity index (χ3v) is 4.03. The van der Waals surface area contributed by atoms with E-state index < -0.39 is 35.0 Å². The third kappa shape index (κ3) is 1.63. The van der Waals surface area contributed by atoms with Gasteiger partial charge in [0.15, 0.2) is 0 Å². The quantitative estimate of drug-likeness (QED) is 0.783. The zero-order valence-electron chi connectivity index (χ0n) is 11.2. The predicted octanol–water partition coefficient (Wildman–Crippen LogP) is 2.03. The number of fused-ring (bicyclic) bond motifs is 1. The fourth-order valence-electron chi connectivity index (χ4n) is 2.49. The zero-order chi connectivity index (χ0) is 15.6. The molecule has 5 nitrogen and oxygen atoms in total. The first kappa shape index (κ1) is 13.7. The number of rotatable bonds is 2. The van der Waals surface area contributed by atoms with Crippen molar-refractivity contribution in [3.8, 4) is 0 Å². The Kier molecular flexibility index (Phi) is 2.52. The second-order valence-corrected chi connectivity index (χ2v) is 5.64. The van der Waals surface area contributed by atoms with Gasteiger partial charge in [0.2, 0.25) is 0 Å². The summed E-state index contributed by atoms with van der Waals surface area (Å²) in [7, 11) is 0. The van der Waals surface area contributed by atoms with Crippen molar-refractivity contribution in [1.29, 1.82) is 0 Å². The number of hydrogen-bond acceptors (Lipinski definition) is 4. The maximum absolute atomic E-state index is 13.5. The molecular weight excluding hydrogens is 284 g/mol. The molecule has 2 aliphatic rings. The summed E-state index contributed by atoms with van der Waals surface area (Å²) in [6, 6.07) is 5.90. The van der Waals surface area contributed by atoms with E-state index in [4.69, 9.17) is 0 Å². The first-order valence-corrected chi connectivity index (χ1v) is 6.27.